The van der Waals surface area contributed by atoms with Crippen molar-refractivity contribution in [3.05, 3.63) is 46.5 Å². The van der Waals surface area contributed by atoms with Crippen LogP contribution in [0.3, 0.4) is 0 Å². The maximum absolute atomic E-state index is 11.9. The van der Waals surface area contributed by atoms with Gasteiger partial charge in [0, 0.05) is 16.5 Å². The zero-order valence-electron chi connectivity index (χ0n) is 12.3. The van der Waals surface area contributed by atoms with E-state index in [9.17, 15) is 4.79 Å². The lowest BCUT2D eigenvalue weighted by molar-refractivity contribution is -0.111. The Morgan fingerprint density at radius 3 is 2.81 bits per heavy atom. The molecule has 1 aromatic carbocycles. The second kappa shape index (κ2) is 7.04. The van der Waals surface area contributed by atoms with Gasteiger partial charge in [-0.2, -0.15) is 0 Å². The van der Waals surface area contributed by atoms with Gasteiger partial charge in [-0.05, 0) is 32.9 Å². The highest BCUT2D eigenvalue weighted by atomic mass is 32.1. The van der Waals surface area contributed by atoms with Crippen LogP contribution in [0.15, 0.2) is 30.3 Å². The molecule has 0 aliphatic heterocycles. The van der Waals surface area contributed by atoms with Gasteiger partial charge in [-0.15, -0.1) is 11.3 Å². The zero-order valence-corrected chi connectivity index (χ0v) is 13.2. The number of nitrogens with one attached hydrogen (secondary N) is 1. The average Bonchev–Trinajstić information content (AvgIpc) is 2.76. The van der Waals surface area contributed by atoms with Crippen LogP contribution >= 0.6 is 11.3 Å². The van der Waals surface area contributed by atoms with Crippen LogP contribution in [0, 0.1) is 13.8 Å². The topological polar surface area (TPSA) is 51.2 Å². The maximum atomic E-state index is 11.9. The third kappa shape index (κ3) is 4.16. The molecule has 1 amide bonds. The third-order valence-electron chi connectivity index (χ3n) is 2.89. The molecule has 0 fully saturated rings. The number of para-hydroxylation sites is 1. The smallest absolute Gasteiger partial charge is 0.250 e. The number of aromatic nitrogens is 1. The highest BCUT2D eigenvalue weighted by Gasteiger charge is 2.06. The molecule has 0 aliphatic rings. The molecule has 21 heavy (non-hydrogen) atoms. The van der Waals surface area contributed by atoms with Crippen LogP contribution in [0.1, 0.15) is 23.1 Å². The summed E-state index contributed by atoms with van der Waals surface area (Å²) in [6.45, 7) is 6.43. The average molecular weight is 302 g/mol. The van der Waals surface area contributed by atoms with Crippen molar-refractivity contribution in [3.8, 4) is 5.75 Å². The van der Waals surface area contributed by atoms with Gasteiger partial charge in [-0.1, -0.05) is 18.2 Å². The van der Waals surface area contributed by atoms with E-state index in [1.54, 1.807) is 6.08 Å². The van der Waals surface area contributed by atoms with Crippen LogP contribution in [0.25, 0.3) is 6.08 Å². The zero-order chi connectivity index (χ0) is 15.2. The monoisotopic (exact) mass is 302 g/mol. The van der Waals surface area contributed by atoms with Gasteiger partial charge in [-0.25, -0.2) is 4.98 Å². The predicted molar refractivity (Wildman–Crippen MR) is 86.9 cm³/mol. The summed E-state index contributed by atoms with van der Waals surface area (Å²) in [5.74, 6) is 0.569. The van der Waals surface area contributed by atoms with Gasteiger partial charge in [0.15, 0.2) is 5.13 Å². The van der Waals surface area contributed by atoms with Crippen LogP contribution in [-0.4, -0.2) is 17.5 Å². The van der Waals surface area contributed by atoms with Gasteiger partial charge >= 0.3 is 0 Å². The number of thiazole rings is 1. The van der Waals surface area contributed by atoms with Crippen molar-refractivity contribution in [1.82, 2.24) is 4.98 Å². The lowest BCUT2D eigenvalue weighted by Gasteiger charge is -2.06. The summed E-state index contributed by atoms with van der Waals surface area (Å²) >= 11 is 1.47. The number of hydrogen-bond acceptors (Lipinski definition) is 4. The number of anilines is 1. The van der Waals surface area contributed by atoms with E-state index < -0.39 is 0 Å². The minimum absolute atomic E-state index is 0.199. The number of carbonyl (C=O) groups excluding carboxylic acids is 1. The van der Waals surface area contributed by atoms with Gasteiger partial charge < -0.3 is 4.74 Å². The van der Waals surface area contributed by atoms with E-state index >= 15 is 0 Å². The highest BCUT2D eigenvalue weighted by Crippen LogP contribution is 2.22. The summed E-state index contributed by atoms with van der Waals surface area (Å²) in [4.78, 5) is 17.3. The molecule has 1 aromatic heterocycles. The quantitative estimate of drug-likeness (QED) is 0.854. The van der Waals surface area contributed by atoms with E-state index in [4.69, 9.17) is 4.74 Å². The van der Waals surface area contributed by atoms with E-state index in [2.05, 4.69) is 10.3 Å². The molecule has 0 atom stereocenters. The van der Waals surface area contributed by atoms with Gasteiger partial charge in [0.05, 0.1) is 12.3 Å². The molecule has 1 N–H and O–H groups in total. The number of ether oxygens (including phenoxy) is 1. The molecule has 110 valence electrons. The Morgan fingerprint density at radius 1 is 1.38 bits per heavy atom. The van der Waals surface area contributed by atoms with Crippen molar-refractivity contribution < 1.29 is 9.53 Å². The Bertz CT molecular complexity index is 643. The Morgan fingerprint density at radius 2 is 2.14 bits per heavy atom. The Balaban J connectivity index is 2.05. The van der Waals surface area contributed by atoms with Crippen molar-refractivity contribution in [2.75, 3.05) is 11.9 Å². The molecule has 2 aromatic rings. The molecule has 0 bridgehead atoms. The number of hydrogen-bond donors (Lipinski definition) is 1. The fourth-order valence-electron chi connectivity index (χ4n) is 1.74. The summed E-state index contributed by atoms with van der Waals surface area (Å²) in [7, 11) is 0. The molecular weight excluding hydrogens is 284 g/mol. The first-order chi connectivity index (χ1) is 10.1. The highest BCUT2D eigenvalue weighted by molar-refractivity contribution is 7.15. The molecule has 0 saturated carbocycles. The first-order valence-corrected chi connectivity index (χ1v) is 7.56. The van der Waals surface area contributed by atoms with Crippen molar-refractivity contribution in [3.63, 3.8) is 0 Å². The number of benzene rings is 1. The number of rotatable bonds is 5. The third-order valence-corrected chi connectivity index (χ3v) is 3.88. The van der Waals surface area contributed by atoms with Crippen LogP contribution < -0.4 is 10.1 Å². The fourth-order valence-corrected chi connectivity index (χ4v) is 2.56. The normalized spacial score (nSPS) is 10.8. The van der Waals surface area contributed by atoms with E-state index in [1.165, 1.54) is 17.4 Å². The molecule has 2 rings (SSSR count). The molecule has 4 nitrogen and oxygen atoms in total. The summed E-state index contributed by atoms with van der Waals surface area (Å²) < 4.78 is 5.51. The first-order valence-electron chi connectivity index (χ1n) is 6.75. The second-order valence-corrected chi connectivity index (χ2v) is 5.66. The maximum Gasteiger partial charge on any atom is 0.250 e. The second-order valence-electron chi connectivity index (χ2n) is 4.45. The standard InChI is InChI=1S/C16H18N2O2S/c1-4-20-14-8-6-5-7-13(14)9-10-15(19)18-16-17-11(2)12(3)21-16/h5-10H,4H2,1-3H3,(H,17,18,19)/b10-9+. The van der Waals surface area contributed by atoms with E-state index in [0.29, 0.717) is 11.7 Å². The van der Waals surface area contributed by atoms with Gasteiger partial charge in [-0.3, -0.25) is 10.1 Å². The number of aryl methyl sites for hydroxylation is 2. The molecular formula is C16H18N2O2S. The Hall–Kier alpha value is -2.14. The minimum Gasteiger partial charge on any atom is -0.493 e. The molecule has 0 saturated heterocycles. The summed E-state index contributed by atoms with van der Waals surface area (Å²) in [5, 5.41) is 3.39. The lowest BCUT2D eigenvalue weighted by Crippen LogP contribution is -2.07. The van der Waals surface area contributed by atoms with Gasteiger partial charge in [0.25, 0.3) is 0 Å². The number of nitrogens with zero attached hydrogens (tertiary/aromatic N) is 1. The Labute approximate surface area is 128 Å². The number of amides is 1. The summed E-state index contributed by atoms with van der Waals surface area (Å²) in [6, 6.07) is 7.61. The van der Waals surface area contributed by atoms with E-state index in [0.717, 1.165) is 21.9 Å². The van der Waals surface area contributed by atoms with Crippen molar-refractivity contribution in [2.45, 2.75) is 20.8 Å². The number of carbonyl (C=O) groups is 1. The van der Waals surface area contributed by atoms with Crippen LogP contribution in [0.4, 0.5) is 5.13 Å². The fraction of sp³-hybridized carbons (Fsp3) is 0.250. The van der Waals surface area contributed by atoms with Crippen LogP contribution in [-0.2, 0) is 4.79 Å². The van der Waals surface area contributed by atoms with Crippen molar-refractivity contribution >= 4 is 28.5 Å². The van der Waals surface area contributed by atoms with Crippen LogP contribution in [0.2, 0.25) is 0 Å². The first kappa shape index (κ1) is 15.3. The molecule has 0 radical (unpaired) electrons. The van der Waals surface area contributed by atoms with E-state index in [1.807, 2.05) is 45.0 Å². The van der Waals surface area contributed by atoms with E-state index in [-0.39, 0.29) is 5.91 Å². The molecule has 0 unspecified atom stereocenters. The van der Waals surface area contributed by atoms with Crippen LogP contribution in [0.5, 0.6) is 5.75 Å². The molecule has 5 heteroatoms. The largest absolute Gasteiger partial charge is 0.493 e. The Kier molecular flexibility index (Phi) is 5.11. The van der Waals surface area contributed by atoms with Gasteiger partial charge in [0.1, 0.15) is 5.75 Å². The lowest BCUT2D eigenvalue weighted by atomic mass is 10.2. The molecule has 1 heterocycles. The molecule has 0 spiro atoms. The SMILES string of the molecule is CCOc1ccccc1/C=C/C(=O)Nc1nc(C)c(C)s1. The van der Waals surface area contributed by atoms with Crippen molar-refractivity contribution in [1.29, 1.82) is 0 Å². The summed E-state index contributed by atoms with van der Waals surface area (Å²) in [5.41, 5.74) is 1.82. The summed E-state index contributed by atoms with van der Waals surface area (Å²) in [6.07, 6.45) is 3.23. The minimum atomic E-state index is -0.199. The molecule has 0 aliphatic carbocycles. The predicted octanol–water partition coefficient (Wildman–Crippen LogP) is 3.81. The van der Waals surface area contributed by atoms with Crippen molar-refractivity contribution in [2.24, 2.45) is 0 Å². The van der Waals surface area contributed by atoms with Gasteiger partial charge in [0.2, 0.25) is 5.91 Å².